The van der Waals surface area contributed by atoms with E-state index in [1.54, 1.807) is 38.5 Å². The number of amides is 4. The quantitative estimate of drug-likeness (QED) is 0.123. The molecule has 2 aromatic carbocycles. The largest absolute Gasteiger partial charge is 0.497 e. The zero-order valence-corrected chi connectivity index (χ0v) is 26.2. The van der Waals surface area contributed by atoms with E-state index in [9.17, 15) is 14.4 Å². The van der Waals surface area contributed by atoms with Crippen LogP contribution in [0.1, 0.15) is 109 Å². The van der Waals surface area contributed by atoms with Gasteiger partial charge in [0, 0.05) is 0 Å². The summed E-state index contributed by atoms with van der Waals surface area (Å²) < 4.78 is 10.6. The van der Waals surface area contributed by atoms with Gasteiger partial charge in [-0.25, -0.2) is 9.69 Å². The van der Waals surface area contributed by atoms with Gasteiger partial charge in [-0.2, -0.15) is 0 Å². The van der Waals surface area contributed by atoms with Gasteiger partial charge < -0.3 is 9.47 Å². The van der Waals surface area contributed by atoms with Gasteiger partial charge in [-0.3, -0.25) is 14.5 Å². The number of barbiturate groups is 1. The molecule has 1 saturated heterocycles. The van der Waals surface area contributed by atoms with Crippen molar-refractivity contribution < 1.29 is 23.9 Å². The molecule has 7 heteroatoms. The molecule has 7 nitrogen and oxygen atoms in total. The molecule has 2 aromatic rings. The van der Waals surface area contributed by atoms with Crippen molar-refractivity contribution in [3.63, 3.8) is 0 Å². The van der Waals surface area contributed by atoms with Gasteiger partial charge in [0.2, 0.25) is 5.91 Å². The molecule has 0 aromatic heterocycles. The van der Waals surface area contributed by atoms with Crippen molar-refractivity contribution in [2.75, 3.05) is 19.1 Å². The zero-order chi connectivity index (χ0) is 30.4. The maximum absolute atomic E-state index is 14.4. The summed E-state index contributed by atoms with van der Waals surface area (Å²) in [7, 11) is 3.18. The average molecular weight is 579 g/mol. The molecule has 230 valence electrons. The Balaban J connectivity index is 1.97. The van der Waals surface area contributed by atoms with E-state index >= 15 is 0 Å². The molecule has 0 bridgehead atoms. The van der Waals surface area contributed by atoms with Crippen LogP contribution < -0.4 is 14.4 Å². The van der Waals surface area contributed by atoms with Gasteiger partial charge in [-0.15, -0.1) is 0 Å². The highest BCUT2D eigenvalue weighted by Crippen LogP contribution is 2.42. The number of imide groups is 2. The smallest absolute Gasteiger partial charge is 0.338 e. The van der Waals surface area contributed by atoms with Gasteiger partial charge in [0.1, 0.15) is 16.9 Å². The first-order valence-corrected chi connectivity index (χ1v) is 15.9. The summed E-state index contributed by atoms with van der Waals surface area (Å²) in [6.45, 7) is 4.48. The maximum Gasteiger partial charge on any atom is 0.338 e. The molecule has 0 unspecified atom stereocenters. The van der Waals surface area contributed by atoms with Gasteiger partial charge in [0.15, 0.2) is 0 Å². The fourth-order valence-corrected chi connectivity index (χ4v) is 5.84. The van der Waals surface area contributed by atoms with Crippen molar-refractivity contribution in [1.29, 1.82) is 0 Å². The SMILES string of the molecule is CCCCCCCCC1(CCCCCCCC)C(=O)N(Cc2ccc(OC)cc2)C(=O)N(c2ccc(OC)cc2)C1=O. The molecule has 1 aliphatic rings. The summed E-state index contributed by atoms with van der Waals surface area (Å²) in [5.74, 6) is 0.578. The molecule has 1 fully saturated rings. The molecule has 1 heterocycles. The van der Waals surface area contributed by atoms with Crippen molar-refractivity contribution in [3.05, 3.63) is 54.1 Å². The molecule has 42 heavy (non-hydrogen) atoms. The monoisotopic (exact) mass is 578 g/mol. The van der Waals surface area contributed by atoms with Crippen molar-refractivity contribution in [2.45, 2.75) is 110 Å². The molecule has 0 saturated carbocycles. The molecule has 3 rings (SSSR count). The van der Waals surface area contributed by atoms with Crippen LogP contribution in [0.3, 0.4) is 0 Å². The standard InChI is InChI=1S/C35H50N2O5/c1-5-7-9-11-13-15-25-35(26-16-14-12-10-8-6-2)32(38)36(27-28-17-21-30(41-3)22-18-28)34(40)37(33(35)39)29-19-23-31(42-4)24-20-29/h17-24H,5-16,25-27H2,1-4H3. The molecule has 0 N–H and O–H groups in total. The van der Waals surface area contributed by atoms with Crippen molar-refractivity contribution >= 4 is 23.5 Å². The topological polar surface area (TPSA) is 76.2 Å². The van der Waals surface area contributed by atoms with Crippen molar-refractivity contribution in [1.82, 2.24) is 4.90 Å². The van der Waals surface area contributed by atoms with Gasteiger partial charge in [0.25, 0.3) is 5.91 Å². The van der Waals surface area contributed by atoms with E-state index in [4.69, 9.17) is 9.47 Å². The summed E-state index contributed by atoms with van der Waals surface area (Å²) in [5, 5.41) is 0. The van der Waals surface area contributed by atoms with E-state index in [2.05, 4.69) is 13.8 Å². The minimum Gasteiger partial charge on any atom is -0.497 e. The second kappa shape index (κ2) is 16.9. The third kappa shape index (κ3) is 8.36. The number of carbonyl (C=O) groups is 3. The third-order valence-corrected chi connectivity index (χ3v) is 8.43. The van der Waals surface area contributed by atoms with Gasteiger partial charge >= 0.3 is 6.03 Å². The Labute approximate surface area is 252 Å². The molecular formula is C35H50N2O5. The third-order valence-electron chi connectivity index (χ3n) is 8.43. The molecule has 0 radical (unpaired) electrons. The zero-order valence-electron chi connectivity index (χ0n) is 26.2. The van der Waals surface area contributed by atoms with Crippen LogP contribution in [0.2, 0.25) is 0 Å². The van der Waals surface area contributed by atoms with Gasteiger partial charge in [-0.1, -0.05) is 103 Å². The normalized spacial score (nSPS) is 14.9. The predicted octanol–water partition coefficient (Wildman–Crippen LogP) is 8.69. The second-order valence-corrected chi connectivity index (χ2v) is 11.5. The fraction of sp³-hybridized carbons (Fsp3) is 0.571. The van der Waals surface area contributed by atoms with Gasteiger partial charge in [0.05, 0.1) is 26.5 Å². The summed E-state index contributed by atoms with van der Waals surface area (Å²) in [6.07, 6.45) is 13.6. The molecule has 0 spiro atoms. The number of benzene rings is 2. The van der Waals surface area contributed by atoms with E-state index in [1.807, 2.05) is 24.3 Å². The lowest BCUT2D eigenvalue weighted by molar-refractivity contribution is -0.151. The fourth-order valence-electron chi connectivity index (χ4n) is 5.84. The summed E-state index contributed by atoms with van der Waals surface area (Å²) in [6, 6.07) is 13.7. The number of nitrogens with zero attached hydrogens (tertiary/aromatic N) is 2. The predicted molar refractivity (Wildman–Crippen MR) is 168 cm³/mol. The van der Waals surface area contributed by atoms with Crippen LogP contribution in [-0.2, 0) is 16.1 Å². The number of hydrogen-bond acceptors (Lipinski definition) is 5. The number of hydrogen-bond donors (Lipinski definition) is 0. The van der Waals surface area contributed by atoms with Crippen LogP contribution >= 0.6 is 0 Å². The number of rotatable bonds is 19. The molecule has 1 aliphatic heterocycles. The number of methoxy groups -OCH3 is 2. The van der Waals surface area contributed by atoms with Crippen LogP contribution in [0.4, 0.5) is 10.5 Å². The highest BCUT2D eigenvalue weighted by molar-refractivity contribution is 6.29. The number of anilines is 1. The van der Waals surface area contributed by atoms with E-state index < -0.39 is 17.4 Å². The average Bonchev–Trinajstić information content (AvgIpc) is 3.02. The summed E-state index contributed by atoms with van der Waals surface area (Å²) >= 11 is 0. The Bertz CT molecular complexity index is 1110. The highest BCUT2D eigenvalue weighted by atomic mass is 16.5. The van der Waals surface area contributed by atoms with Crippen LogP contribution in [0, 0.1) is 5.41 Å². The van der Waals surface area contributed by atoms with E-state index in [1.165, 1.54) is 22.6 Å². The Morgan fingerprint density at radius 1 is 0.595 bits per heavy atom. The lowest BCUT2D eigenvalue weighted by Crippen LogP contribution is -2.65. The number of carbonyl (C=O) groups excluding carboxylic acids is 3. The Hall–Kier alpha value is -3.35. The molecule has 4 amide bonds. The number of unbranched alkanes of at least 4 members (excludes halogenated alkanes) is 10. The number of urea groups is 1. The first-order chi connectivity index (χ1) is 20.4. The van der Waals surface area contributed by atoms with E-state index in [-0.39, 0.29) is 12.5 Å². The van der Waals surface area contributed by atoms with E-state index in [0.29, 0.717) is 30.0 Å². The van der Waals surface area contributed by atoms with Crippen LogP contribution in [0.15, 0.2) is 48.5 Å². The number of ether oxygens (including phenoxy) is 2. The van der Waals surface area contributed by atoms with E-state index in [0.717, 1.165) is 69.8 Å². The summed E-state index contributed by atoms with van der Waals surface area (Å²) in [5.41, 5.74) is -0.0154. The van der Waals surface area contributed by atoms with Crippen LogP contribution in [0.25, 0.3) is 0 Å². The van der Waals surface area contributed by atoms with Crippen LogP contribution in [-0.4, -0.2) is 37.0 Å². The first-order valence-electron chi connectivity index (χ1n) is 15.9. The Kier molecular flexibility index (Phi) is 13.4. The van der Waals surface area contributed by atoms with Gasteiger partial charge in [-0.05, 0) is 54.8 Å². The Morgan fingerprint density at radius 2 is 1.05 bits per heavy atom. The minimum atomic E-state index is -1.27. The summed E-state index contributed by atoms with van der Waals surface area (Å²) in [4.78, 5) is 45.4. The highest BCUT2D eigenvalue weighted by Gasteiger charge is 2.56. The second-order valence-electron chi connectivity index (χ2n) is 11.5. The first kappa shape index (κ1) is 33.2. The van der Waals surface area contributed by atoms with Crippen LogP contribution in [0.5, 0.6) is 11.5 Å². The Morgan fingerprint density at radius 3 is 1.52 bits per heavy atom. The molecular weight excluding hydrogens is 528 g/mol. The van der Waals surface area contributed by atoms with Crippen molar-refractivity contribution in [3.8, 4) is 11.5 Å². The molecule has 0 aliphatic carbocycles. The maximum atomic E-state index is 14.4. The lowest BCUT2D eigenvalue weighted by Gasteiger charge is -2.44. The van der Waals surface area contributed by atoms with Crippen molar-refractivity contribution in [2.24, 2.45) is 5.41 Å². The molecule has 0 atom stereocenters. The minimum absolute atomic E-state index is 0.0936. The lowest BCUT2D eigenvalue weighted by atomic mass is 9.73.